The van der Waals surface area contributed by atoms with E-state index in [0.29, 0.717) is 18.4 Å². The monoisotopic (exact) mass is 391 g/mol. The van der Waals surface area contributed by atoms with Gasteiger partial charge in [0.05, 0.1) is 10.9 Å². The minimum absolute atomic E-state index is 0.00968. The number of nitrogens with one attached hydrogen (secondary N) is 1. The molecule has 1 unspecified atom stereocenters. The fraction of sp³-hybridized carbons (Fsp3) is 0.174. The number of aryl methyl sites for hydroxylation is 1. The van der Waals surface area contributed by atoms with Crippen LogP contribution in [0.15, 0.2) is 83.3 Å². The highest BCUT2D eigenvalue weighted by Gasteiger charge is 2.30. The molecule has 0 heterocycles. The van der Waals surface area contributed by atoms with Crippen LogP contribution in [0, 0.1) is 6.92 Å². The van der Waals surface area contributed by atoms with Crippen LogP contribution >= 0.6 is 0 Å². The van der Waals surface area contributed by atoms with Crippen LogP contribution in [0.5, 0.6) is 0 Å². The molecule has 0 amide bonds. The highest BCUT2D eigenvalue weighted by atomic mass is 32.2. The first-order chi connectivity index (χ1) is 13.5. The molecule has 5 heteroatoms. The summed E-state index contributed by atoms with van der Waals surface area (Å²) in [6.07, 6.45) is 2.91. The van der Waals surface area contributed by atoms with Crippen molar-refractivity contribution in [2.75, 3.05) is 0 Å². The third kappa shape index (κ3) is 3.51. The molecule has 4 nitrogen and oxygen atoms in total. The Bertz CT molecular complexity index is 1170. The molecule has 0 spiro atoms. The maximum Gasteiger partial charge on any atom is 0.241 e. The lowest BCUT2D eigenvalue weighted by Crippen LogP contribution is -2.31. The number of allylic oxidation sites excluding steroid dienone is 1. The second-order valence-electron chi connectivity index (χ2n) is 7.06. The SMILES string of the molecule is Cc1ccc(S(=O)(=O)NC(C2=CCCC2=O)c2cccc3ccccc23)cc1. The van der Waals surface area contributed by atoms with Gasteiger partial charge >= 0.3 is 0 Å². The molecule has 1 N–H and O–H groups in total. The predicted octanol–water partition coefficient (Wildman–Crippen LogP) is 4.46. The van der Waals surface area contributed by atoms with Gasteiger partial charge in [-0.2, -0.15) is 4.72 Å². The Morgan fingerprint density at radius 2 is 1.64 bits per heavy atom. The molecular formula is C23H21NO3S. The third-order valence-corrected chi connectivity index (χ3v) is 6.55. The first-order valence-corrected chi connectivity index (χ1v) is 10.7. The molecule has 1 aliphatic rings. The Kier molecular flexibility index (Phi) is 4.87. The second kappa shape index (κ2) is 7.34. The topological polar surface area (TPSA) is 63.2 Å². The average molecular weight is 391 g/mol. The van der Waals surface area contributed by atoms with E-state index in [2.05, 4.69) is 4.72 Å². The van der Waals surface area contributed by atoms with E-state index in [4.69, 9.17) is 0 Å². The minimum atomic E-state index is -3.80. The van der Waals surface area contributed by atoms with Crippen LogP contribution in [0.1, 0.15) is 30.0 Å². The van der Waals surface area contributed by atoms with Gasteiger partial charge in [0.2, 0.25) is 10.0 Å². The summed E-state index contributed by atoms with van der Waals surface area (Å²) in [7, 11) is -3.80. The summed E-state index contributed by atoms with van der Waals surface area (Å²) in [5.74, 6) is -0.00968. The fourth-order valence-electron chi connectivity index (χ4n) is 3.63. The minimum Gasteiger partial charge on any atom is -0.294 e. The molecule has 0 saturated heterocycles. The summed E-state index contributed by atoms with van der Waals surface area (Å²) in [4.78, 5) is 12.7. The smallest absolute Gasteiger partial charge is 0.241 e. The van der Waals surface area contributed by atoms with E-state index in [1.807, 2.05) is 55.5 Å². The Balaban J connectivity index is 1.83. The van der Waals surface area contributed by atoms with E-state index in [9.17, 15) is 13.2 Å². The number of Topliss-reactive ketones (excluding diaryl/α,β-unsaturated/α-hetero) is 1. The summed E-state index contributed by atoms with van der Waals surface area (Å²) in [6, 6.07) is 19.5. The van der Waals surface area contributed by atoms with E-state index in [1.165, 1.54) is 0 Å². The van der Waals surface area contributed by atoms with Crippen LogP contribution < -0.4 is 4.72 Å². The van der Waals surface area contributed by atoms with Crippen LogP contribution in [0.2, 0.25) is 0 Å². The van der Waals surface area contributed by atoms with E-state index in [-0.39, 0.29) is 10.7 Å². The van der Waals surface area contributed by atoms with Crippen molar-refractivity contribution in [2.45, 2.75) is 30.7 Å². The highest BCUT2D eigenvalue weighted by molar-refractivity contribution is 7.89. The normalized spacial score (nSPS) is 15.6. The summed E-state index contributed by atoms with van der Waals surface area (Å²) in [5, 5.41) is 1.94. The second-order valence-corrected chi connectivity index (χ2v) is 8.77. The van der Waals surface area contributed by atoms with E-state index >= 15 is 0 Å². The quantitative estimate of drug-likeness (QED) is 0.699. The lowest BCUT2D eigenvalue weighted by atomic mass is 9.93. The van der Waals surface area contributed by atoms with Gasteiger partial charge in [-0.1, -0.05) is 66.2 Å². The average Bonchev–Trinajstić information content (AvgIpc) is 3.12. The van der Waals surface area contributed by atoms with E-state index < -0.39 is 16.1 Å². The Labute approximate surface area is 165 Å². The van der Waals surface area contributed by atoms with Gasteiger partial charge in [0, 0.05) is 12.0 Å². The summed E-state index contributed by atoms with van der Waals surface area (Å²) in [5.41, 5.74) is 2.29. The van der Waals surface area contributed by atoms with Crippen molar-refractivity contribution in [2.24, 2.45) is 0 Å². The Hall–Kier alpha value is -2.76. The number of carbonyl (C=O) groups excluding carboxylic acids is 1. The van der Waals surface area contributed by atoms with Gasteiger partial charge < -0.3 is 0 Å². The zero-order chi connectivity index (χ0) is 19.7. The van der Waals surface area contributed by atoms with Crippen molar-refractivity contribution in [3.05, 3.63) is 89.5 Å². The predicted molar refractivity (Wildman–Crippen MR) is 111 cm³/mol. The fourth-order valence-corrected chi connectivity index (χ4v) is 4.83. The number of carbonyl (C=O) groups is 1. The summed E-state index contributed by atoms with van der Waals surface area (Å²) >= 11 is 0. The Morgan fingerprint density at radius 3 is 2.36 bits per heavy atom. The molecule has 1 aliphatic carbocycles. The van der Waals surface area contributed by atoms with Crippen molar-refractivity contribution < 1.29 is 13.2 Å². The van der Waals surface area contributed by atoms with Crippen molar-refractivity contribution in [3.63, 3.8) is 0 Å². The number of hydrogen-bond donors (Lipinski definition) is 1. The number of sulfonamides is 1. The van der Waals surface area contributed by atoms with Crippen LogP contribution in [0.4, 0.5) is 0 Å². The lowest BCUT2D eigenvalue weighted by Gasteiger charge is -2.22. The van der Waals surface area contributed by atoms with Crippen molar-refractivity contribution in [1.82, 2.24) is 4.72 Å². The molecule has 0 aliphatic heterocycles. The van der Waals surface area contributed by atoms with Crippen molar-refractivity contribution >= 4 is 26.6 Å². The molecule has 0 fully saturated rings. The standard InChI is InChI=1S/C23H21NO3S/c1-16-12-14-18(15-13-16)28(26,27)24-23(21-10-5-11-22(21)25)20-9-4-7-17-6-2-3-8-19(17)20/h2-4,6-10,12-15,23-24H,5,11H2,1H3. The maximum absolute atomic E-state index is 13.1. The molecule has 1 atom stereocenters. The van der Waals surface area contributed by atoms with Gasteiger partial charge in [0.25, 0.3) is 0 Å². The highest BCUT2D eigenvalue weighted by Crippen LogP contribution is 2.34. The zero-order valence-corrected chi connectivity index (χ0v) is 16.4. The molecule has 0 bridgehead atoms. The maximum atomic E-state index is 13.1. The third-order valence-electron chi connectivity index (χ3n) is 5.11. The molecule has 142 valence electrons. The Morgan fingerprint density at radius 1 is 0.929 bits per heavy atom. The van der Waals surface area contributed by atoms with Crippen LogP contribution in [-0.2, 0) is 14.8 Å². The van der Waals surface area contributed by atoms with Crippen LogP contribution in [0.25, 0.3) is 10.8 Å². The first kappa shape index (κ1) is 18.6. The van der Waals surface area contributed by atoms with Gasteiger partial charge in [0.1, 0.15) is 0 Å². The molecular weight excluding hydrogens is 370 g/mol. The summed E-state index contributed by atoms with van der Waals surface area (Å²) < 4.78 is 28.9. The van der Waals surface area contributed by atoms with E-state index in [1.54, 1.807) is 24.3 Å². The molecule has 28 heavy (non-hydrogen) atoms. The van der Waals surface area contributed by atoms with Gasteiger partial charge in [-0.25, -0.2) is 8.42 Å². The lowest BCUT2D eigenvalue weighted by molar-refractivity contribution is -0.115. The number of ketones is 1. The van der Waals surface area contributed by atoms with Gasteiger partial charge in [-0.3, -0.25) is 4.79 Å². The van der Waals surface area contributed by atoms with Crippen LogP contribution in [-0.4, -0.2) is 14.2 Å². The molecule has 3 aromatic carbocycles. The van der Waals surface area contributed by atoms with Crippen LogP contribution in [0.3, 0.4) is 0 Å². The van der Waals surface area contributed by atoms with Crippen molar-refractivity contribution in [3.8, 4) is 0 Å². The number of fused-ring (bicyclic) bond motifs is 1. The van der Waals surface area contributed by atoms with Crippen molar-refractivity contribution in [1.29, 1.82) is 0 Å². The van der Waals surface area contributed by atoms with E-state index in [0.717, 1.165) is 21.9 Å². The summed E-state index contributed by atoms with van der Waals surface area (Å²) in [6.45, 7) is 1.91. The molecule has 4 rings (SSSR count). The molecule has 0 saturated carbocycles. The zero-order valence-electron chi connectivity index (χ0n) is 15.6. The van der Waals surface area contributed by atoms with Gasteiger partial charge in [-0.05, 0) is 41.8 Å². The number of rotatable bonds is 5. The molecule has 0 aromatic heterocycles. The molecule has 0 radical (unpaired) electrons. The largest absolute Gasteiger partial charge is 0.294 e. The van der Waals surface area contributed by atoms with Gasteiger partial charge in [-0.15, -0.1) is 0 Å². The number of hydrogen-bond acceptors (Lipinski definition) is 3. The van der Waals surface area contributed by atoms with Gasteiger partial charge in [0.15, 0.2) is 5.78 Å². The number of benzene rings is 3. The molecule has 3 aromatic rings. The first-order valence-electron chi connectivity index (χ1n) is 9.25.